The summed E-state index contributed by atoms with van der Waals surface area (Å²) in [6.07, 6.45) is -6.52. The number of aromatic nitrogens is 6. The number of hydrogen-bond donors (Lipinski definition) is 6. The van der Waals surface area contributed by atoms with Crippen molar-refractivity contribution in [3.05, 3.63) is 184 Å². The van der Waals surface area contributed by atoms with Crippen molar-refractivity contribution in [2.75, 3.05) is 11.5 Å². The Hall–Kier alpha value is -10.5. The Morgan fingerprint density at radius 3 is 1.15 bits per heavy atom. The highest BCUT2D eigenvalue weighted by atomic mass is 32.1. The molecule has 0 amide bonds. The van der Waals surface area contributed by atoms with Crippen molar-refractivity contribution < 1.29 is 120 Å². The minimum Gasteiger partial charge on any atom is -0.458 e. The van der Waals surface area contributed by atoms with Crippen molar-refractivity contribution in [2.24, 2.45) is 0 Å². The number of benzene rings is 4. The number of carbonyl (C=O) groups excluding carboxylic acids is 7. The molecule has 0 saturated carbocycles. The van der Waals surface area contributed by atoms with Crippen molar-refractivity contribution in [3.8, 4) is 0 Å². The lowest BCUT2D eigenvalue weighted by atomic mass is 10.1. The van der Waals surface area contributed by atoms with Gasteiger partial charge in [-0.1, -0.05) is 130 Å². The van der Waals surface area contributed by atoms with Crippen LogP contribution in [0.4, 0.5) is 11.9 Å². The molecule has 0 aliphatic carbocycles. The molecular formula is C85H104N8O29S2. The van der Waals surface area contributed by atoms with Gasteiger partial charge in [0.15, 0.2) is 54.0 Å². The molecule has 37 nitrogen and oxygen atoms in total. The van der Waals surface area contributed by atoms with Gasteiger partial charge in [-0.05, 0) is 108 Å². The number of carbonyl (C=O) groups is 7. The van der Waals surface area contributed by atoms with Crippen LogP contribution in [0.25, 0.3) is 20.7 Å². The largest absolute Gasteiger partial charge is 0.458 e. The topological polar surface area (TPSA) is 495 Å². The third-order valence-electron chi connectivity index (χ3n) is 20.7. The number of nitrogens with two attached hydrogens (primary N) is 2. The molecule has 7 aliphatic rings. The molecular weight excluding hydrogens is 1660 g/mol. The van der Waals surface area contributed by atoms with Gasteiger partial charge in [-0.25, -0.2) is 19.2 Å². The summed E-state index contributed by atoms with van der Waals surface area (Å²) in [4.78, 5) is 145. The fraction of sp³-hybridized carbons (Fsp3) is 0.518. The summed E-state index contributed by atoms with van der Waals surface area (Å²) in [6.45, 7) is 20.7. The third kappa shape index (κ3) is 23.7. The molecule has 7 aliphatic heterocycles. The van der Waals surface area contributed by atoms with Crippen LogP contribution in [0.15, 0.2) is 141 Å². The van der Waals surface area contributed by atoms with Gasteiger partial charge in [0.25, 0.3) is 11.1 Å². The number of rotatable bonds is 23. The second-order valence-corrected chi connectivity index (χ2v) is 32.7. The van der Waals surface area contributed by atoms with Crippen LogP contribution in [0.5, 0.6) is 0 Å². The molecule has 0 spiro atoms. The van der Waals surface area contributed by atoms with Gasteiger partial charge in [-0.2, -0.15) is 9.97 Å². The summed E-state index contributed by atoms with van der Waals surface area (Å²) < 4.78 is 92.3. The van der Waals surface area contributed by atoms with Crippen LogP contribution >= 0.6 is 22.7 Å². The molecule has 8 aromatic rings. The molecule has 4 aromatic carbocycles. The summed E-state index contributed by atoms with van der Waals surface area (Å²) in [5.74, 6) is -4.88. The molecule has 7 fully saturated rings. The van der Waals surface area contributed by atoms with Crippen molar-refractivity contribution in [3.63, 3.8) is 0 Å². The average molecular weight is 1770 g/mol. The van der Waals surface area contributed by atoms with E-state index in [1.807, 2.05) is 86.6 Å². The quantitative estimate of drug-likeness (QED) is 0.0257. The van der Waals surface area contributed by atoms with Gasteiger partial charge in [-0.15, -0.1) is 0 Å². The molecule has 670 valence electrons. The highest BCUT2D eigenvalue weighted by Crippen LogP contribution is 2.42. The van der Waals surface area contributed by atoms with Gasteiger partial charge in [0, 0.05) is 52.9 Å². The number of anilines is 2. The molecule has 124 heavy (non-hydrogen) atoms. The number of ether oxygens (including phenoxy) is 16. The van der Waals surface area contributed by atoms with Crippen molar-refractivity contribution in [1.29, 1.82) is 0 Å². The van der Waals surface area contributed by atoms with Crippen LogP contribution in [0, 0.1) is 0 Å². The second-order valence-electron chi connectivity index (χ2n) is 30.8. The minimum atomic E-state index is -1.07. The zero-order valence-corrected chi connectivity index (χ0v) is 72.0. The Labute approximate surface area is 719 Å². The van der Waals surface area contributed by atoms with Gasteiger partial charge < -0.3 is 97.5 Å². The second kappa shape index (κ2) is 42.0. The number of nitrogens with one attached hydrogen (secondary N) is 2. The third-order valence-corrected chi connectivity index (χ3v) is 22.6. The number of esters is 7. The van der Waals surface area contributed by atoms with E-state index in [0.29, 0.717) is 83.5 Å². The van der Waals surface area contributed by atoms with E-state index in [0.717, 1.165) is 15.6 Å². The van der Waals surface area contributed by atoms with E-state index >= 15 is 0 Å². The van der Waals surface area contributed by atoms with E-state index < -0.39 is 148 Å². The maximum Gasteiger partial charge on any atom is 0.338 e. The highest BCUT2D eigenvalue weighted by molar-refractivity contribution is 7.16. The Kier molecular flexibility index (Phi) is 31.9. The molecule has 0 radical (unpaired) electrons. The maximum absolute atomic E-state index is 12.8. The SMILES string of the molecule is CCC(O)[C@@H]1C[C@H]2OC(C)(C)O[C@H]2O1.CCC(OC(=O)c1ccccc1)[C@@H]1C[C@@H](O)[C@H](n2c(=O)sc3c(=O)[nH]c(N)nc32)O1.CCC(OC(=O)c1ccccc1)[C@@H]1C[C@@H](OC(C)=O)C(OC(C)=O)O1.CCC(OC(=O)c1ccccc1)[C@@H]1C[C@@H](OC(C)=O)[C@H](n2c(=O)sc3c(=O)[nH]c(N)nc32)O1.CCC(OC(=O)c1ccccc1)[C@@H]1C[C@H]2OC(C)(C)O[C@H]2O1. The van der Waals surface area contributed by atoms with Crippen LogP contribution in [-0.4, -0.2) is 203 Å². The average Bonchev–Trinajstić information content (AvgIpc) is 1.64. The summed E-state index contributed by atoms with van der Waals surface area (Å²) in [7, 11) is 0. The van der Waals surface area contributed by atoms with E-state index in [-0.39, 0.29) is 101 Å². The van der Waals surface area contributed by atoms with E-state index in [2.05, 4.69) is 19.9 Å². The minimum absolute atomic E-state index is 0.0174. The standard InChI is InChI=1S/C21H22N4O7S.C19H20N4O6S.C18H22O7.C17H22O5.C10H18O4/c1-3-12(32-19(28)11-7-5-4-6-8-11)13-9-14(30-10(2)26)18(31-13)25-16-15(33-21(25)29)17(27)24-20(22)23-16;1-2-11(29-17(26)9-6-4-3-5-7-9)12-8-10(24)16(28-12)23-14-13(30-19(23)27)15(25)22-18(20)21-14;1-4-14(24-17(21)13-8-6-5-7-9-13)15-10-16(22-11(2)19)18(25-15)23-12(3)20;1-4-12(19-15(18)11-8-6-5-7-9-11)13-10-14-16(20-13)22-17(2,3)21-14;1-4-6(11)7-5-8-9(12-7)14-10(2,3)13-8/h4-8,12-14,18H,3,9H2,1-2H3,(H3,22,23,24,27);3-7,10-12,16,24H,2,8H2,1H3,(H3,20,21,22,25);5-9,14-16,18H,4,10H2,1-3H3;5-9,12-14,16H,4,10H2,1-3H3;6-9,11H,4-5H2,1-3H3/t12?,13-,14+,18+;10-,11?,12+,16-;14?,15-,16+,18?;12?,13-,14+,16+;6?,7-,8+,9+/m01000/s1. The lowest BCUT2D eigenvalue weighted by molar-refractivity contribution is -0.214. The molecule has 6 unspecified atom stereocenters. The van der Waals surface area contributed by atoms with E-state index in [9.17, 15) is 63.0 Å². The highest BCUT2D eigenvalue weighted by Gasteiger charge is 2.53. The monoisotopic (exact) mass is 1760 g/mol. The van der Waals surface area contributed by atoms with Gasteiger partial charge in [-0.3, -0.25) is 52.7 Å². The lowest BCUT2D eigenvalue weighted by Gasteiger charge is -2.25. The lowest BCUT2D eigenvalue weighted by Crippen LogP contribution is -2.33. The first kappa shape index (κ1) is 94.2. The number of aliphatic hydroxyl groups is 2. The Morgan fingerprint density at radius 1 is 0.452 bits per heavy atom. The van der Waals surface area contributed by atoms with E-state index in [1.165, 1.54) is 20.8 Å². The van der Waals surface area contributed by atoms with Gasteiger partial charge in [0.2, 0.25) is 18.2 Å². The van der Waals surface area contributed by atoms with Crippen LogP contribution in [-0.2, 0) is 90.2 Å². The number of nitrogens with zero attached hydrogens (tertiary/aromatic N) is 4. The normalized spacial score (nSPS) is 26.0. The molecule has 8 N–H and O–H groups in total. The number of thiazole rings is 2. The van der Waals surface area contributed by atoms with Gasteiger partial charge in [0.05, 0.1) is 40.6 Å². The molecule has 15 rings (SSSR count). The number of nitrogen functional groups attached to an aromatic ring is 2. The molecule has 4 aromatic heterocycles. The van der Waals surface area contributed by atoms with Gasteiger partial charge >= 0.3 is 51.5 Å². The van der Waals surface area contributed by atoms with E-state index in [1.54, 1.807) is 97.1 Å². The summed E-state index contributed by atoms with van der Waals surface area (Å²) >= 11 is 1.38. The zero-order chi connectivity index (χ0) is 89.6. The fourth-order valence-electron chi connectivity index (χ4n) is 15.1. The van der Waals surface area contributed by atoms with Crippen molar-refractivity contribution >= 4 is 97.0 Å². The van der Waals surface area contributed by atoms with E-state index in [4.69, 9.17) is 87.3 Å². The molecule has 20 atom stereocenters. The van der Waals surface area contributed by atoms with Crippen LogP contribution in [0.3, 0.4) is 0 Å². The predicted molar refractivity (Wildman–Crippen MR) is 444 cm³/mol. The predicted octanol–water partition coefficient (Wildman–Crippen LogP) is 8.74. The smallest absolute Gasteiger partial charge is 0.338 e. The van der Waals surface area contributed by atoms with Crippen molar-refractivity contribution in [2.45, 2.75) is 282 Å². The molecule has 0 bridgehead atoms. The zero-order valence-electron chi connectivity index (χ0n) is 70.3. The first-order valence-corrected chi connectivity index (χ1v) is 42.4. The fourth-order valence-corrected chi connectivity index (χ4v) is 16.7. The number of hydrogen-bond acceptors (Lipinski definition) is 35. The Balaban J connectivity index is 0.000000154. The first-order valence-electron chi connectivity index (χ1n) is 40.8. The summed E-state index contributed by atoms with van der Waals surface area (Å²) in [5.41, 5.74) is 12.0. The number of aromatic amines is 2. The maximum atomic E-state index is 12.8. The molecule has 7 saturated heterocycles. The van der Waals surface area contributed by atoms with Crippen molar-refractivity contribution in [1.82, 2.24) is 29.1 Å². The number of H-pyrrole nitrogens is 2. The Morgan fingerprint density at radius 2 is 0.782 bits per heavy atom. The van der Waals surface area contributed by atoms with Gasteiger partial charge in [0.1, 0.15) is 76.5 Å². The summed E-state index contributed by atoms with van der Waals surface area (Å²) in [6, 6.07) is 34.7. The van der Waals surface area contributed by atoms with Crippen LogP contribution in [0.2, 0.25) is 0 Å². The number of fused-ring (bicyclic) bond motifs is 4. The summed E-state index contributed by atoms with van der Waals surface area (Å²) in [5, 5.41) is 20.2. The first-order chi connectivity index (χ1) is 59.1. The molecule has 39 heteroatoms. The van der Waals surface area contributed by atoms with Crippen LogP contribution < -0.4 is 32.3 Å². The Bertz CT molecular complexity index is 5190. The number of aliphatic hydroxyl groups excluding tert-OH is 2. The molecule has 11 heterocycles. The van der Waals surface area contributed by atoms with Crippen LogP contribution in [0.1, 0.15) is 201 Å².